The van der Waals surface area contributed by atoms with E-state index in [9.17, 15) is 4.79 Å². The third kappa shape index (κ3) is 3.63. The van der Waals surface area contributed by atoms with E-state index in [1.165, 1.54) is 0 Å². The number of carbonyl (C=O) groups excluding carboxylic acids is 1. The first-order valence-electron chi connectivity index (χ1n) is 8.10. The third-order valence-corrected chi connectivity index (χ3v) is 4.52. The van der Waals surface area contributed by atoms with Crippen molar-refractivity contribution < 1.29 is 4.79 Å². The van der Waals surface area contributed by atoms with Gasteiger partial charge in [0.25, 0.3) is 5.91 Å². The molecule has 1 aromatic carbocycles. The molecule has 124 valence electrons. The number of aromatic nitrogens is 2. The summed E-state index contributed by atoms with van der Waals surface area (Å²) in [7, 11) is 0. The summed E-state index contributed by atoms with van der Waals surface area (Å²) >= 11 is 0. The summed E-state index contributed by atoms with van der Waals surface area (Å²) in [5.41, 5.74) is 7.36. The van der Waals surface area contributed by atoms with Crippen LogP contribution in [-0.2, 0) is 6.54 Å². The molecule has 0 unspecified atom stereocenters. The first-order valence-corrected chi connectivity index (χ1v) is 8.10. The summed E-state index contributed by atoms with van der Waals surface area (Å²) in [6.07, 6.45) is 0. The van der Waals surface area contributed by atoms with E-state index < -0.39 is 0 Å². The fourth-order valence-electron chi connectivity index (χ4n) is 3.02. The van der Waals surface area contributed by atoms with Crippen LogP contribution in [-0.4, -0.2) is 21.7 Å². The highest BCUT2D eigenvalue weighted by molar-refractivity contribution is 5.97. The minimum absolute atomic E-state index is 0.000770. The van der Waals surface area contributed by atoms with E-state index in [-0.39, 0.29) is 11.9 Å². The summed E-state index contributed by atoms with van der Waals surface area (Å²) in [6, 6.07) is 4.20. The lowest BCUT2D eigenvalue weighted by atomic mass is 9.93. The maximum atomic E-state index is 12.7. The molecular formula is C19H27N3O. The van der Waals surface area contributed by atoms with Gasteiger partial charge in [0.05, 0.1) is 12.2 Å². The molecule has 0 spiro atoms. The molecule has 0 bridgehead atoms. The monoisotopic (exact) mass is 313 g/mol. The first-order chi connectivity index (χ1) is 10.7. The zero-order valence-corrected chi connectivity index (χ0v) is 15.2. The highest BCUT2D eigenvalue weighted by atomic mass is 16.1. The van der Waals surface area contributed by atoms with Crippen molar-refractivity contribution in [2.75, 3.05) is 0 Å². The van der Waals surface area contributed by atoms with Crippen LogP contribution in [0.4, 0.5) is 0 Å². The van der Waals surface area contributed by atoms with Crippen molar-refractivity contribution >= 4 is 5.91 Å². The second kappa shape index (κ2) is 6.57. The highest BCUT2D eigenvalue weighted by Gasteiger charge is 2.18. The minimum Gasteiger partial charge on any atom is -0.348 e. The van der Waals surface area contributed by atoms with Crippen molar-refractivity contribution in [3.63, 3.8) is 0 Å². The molecule has 4 heteroatoms. The van der Waals surface area contributed by atoms with Gasteiger partial charge in [-0.1, -0.05) is 6.07 Å². The fourth-order valence-corrected chi connectivity index (χ4v) is 3.02. The van der Waals surface area contributed by atoms with Crippen LogP contribution in [0.2, 0.25) is 0 Å². The standard InChI is InChI=1S/C19H27N3O/c1-11-8-12(2)17(7)18(16(11)6)19(23)20-14(4)10-22-15(5)9-13(3)21-22/h8-9,14H,10H2,1-7H3,(H,20,23)/t14-/m0/s1. The van der Waals surface area contributed by atoms with Gasteiger partial charge in [-0.15, -0.1) is 0 Å². The van der Waals surface area contributed by atoms with Crippen molar-refractivity contribution in [2.24, 2.45) is 0 Å². The van der Waals surface area contributed by atoms with Gasteiger partial charge in [0.1, 0.15) is 0 Å². The molecule has 0 aliphatic heterocycles. The van der Waals surface area contributed by atoms with Gasteiger partial charge < -0.3 is 5.32 Å². The Morgan fingerprint density at radius 1 is 1.09 bits per heavy atom. The lowest BCUT2D eigenvalue weighted by Gasteiger charge is -2.19. The van der Waals surface area contributed by atoms with E-state index in [1.807, 2.05) is 45.4 Å². The van der Waals surface area contributed by atoms with Gasteiger partial charge in [0, 0.05) is 17.3 Å². The number of amides is 1. The quantitative estimate of drug-likeness (QED) is 0.938. The number of hydrogen-bond donors (Lipinski definition) is 1. The van der Waals surface area contributed by atoms with E-state index in [0.29, 0.717) is 6.54 Å². The number of nitrogens with one attached hydrogen (secondary N) is 1. The Morgan fingerprint density at radius 2 is 1.65 bits per heavy atom. The van der Waals surface area contributed by atoms with Gasteiger partial charge in [-0.2, -0.15) is 5.10 Å². The topological polar surface area (TPSA) is 46.9 Å². The van der Waals surface area contributed by atoms with Gasteiger partial charge in [0.2, 0.25) is 0 Å². The Bertz CT molecular complexity index is 717. The second-order valence-electron chi connectivity index (χ2n) is 6.62. The predicted molar refractivity (Wildman–Crippen MR) is 94.0 cm³/mol. The van der Waals surface area contributed by atoms with E-state index >= 15 is 0 Å². The van der Waals surface area contributed by atoms with Gasteiger partial charge in [-0.25, -0.2) is 0 Å². The Hall–Kier alpha value is -2.10. The molecule has 2 rings (SSSR count). The van der Waals surface area contributed by atoms with Crippen LogP contribution < -0.4 is 5.32 Å². The summed E-state index contributed by atoms with van der Waals surface area (Å²) in [6.45, 7) is 14.8. The van der Waals surface area contributed by atoms with Gasteiger partial charge in [0.15, 0.2) is 0 Å². The van der Waals surface area contributed by atoms with E-state index in [1.54, 1.807) is 0 Å². The lowest BCUT2D eigenvalue weighted by Crippen LogP contribution is -2.37. The number of carbonyl (C=O) groups is 1. The van der Waals surface area contributed by atoms with Gasteiger partial charge >= 0.3 is 0 Å². The van der Waals surface area contributed by atoms with Crippen LogP contribution in [0.1, 0.15) is 50.9 Å². The summed E-state index contributed by atoms with van der Waals surface area (Å²) in [4.78, 5) is 12.7. The average Bonchev–Trinajstić information content (AvgIpc) is 2.74. The van der Waals surface area contributed by atoms with E-state index in [2.05, 4.69) is 30.3 Å². The molecule has 1 aromatic heterocycles. The Balaban J connectivity index is 2.18. The van der Waals surface area contributed by atoms with Gasteiger partial charge in [-0.3, -0.25) is 9.48 Å². The Labute approximate surface area is 138 Å². The normalized spacial score (nSPS) is 12.3. The van der Waals surface area contributed by atoms with Crippen molar-refractivity contribution in [3.8, 4) is 0 Å². The van der Waals surface area contributed by atoms with Crippen LogP contribution in [0.15, 0.2) is 12.1 Å². The first kappa shape index (κ1) is 17.3. The molecule has 23 heavy (non-hydrogen) atoms. The van der Waals surface area contributed by atoms with Crippen molar-refractivity contribution in [3.05, 3.63) is 51.3 Å². The maximum Gasteiger partial charge on any atom is 0.252 e. The number of hydrogen-bond acceptors (Lipinski definition) is 2. The molecule has 1 heterocycles. The fraction of sp³-hybridized carbons (Fsp3) is 0.474. The Morgan fingerprint density at radius 3 is 2.13 bits per heavy atom. The number of rotatable bonds is 4. The Kier molecular flexibility index (Phi) is 4.93. The van der Waals surface area contributed by atoms with Crippen LogP contribution >= 0.6 is 0 Å². The van der Waals surface area contributed by atoms with E-state index in [4.69, 9.17) is 0 Å². The summed E-state index contributed by atoms with van der Waals surface area (Å²) in [5, 5.41) is 7.58. The minimum atomic E-state index is 0.000770. The van der Waals surface area contributed by atoms with E-state index in [0.717, 1.165) is 39.2 Å². The van der Waals surface area contributed by atoms with Crippen LogP contribution in [0.3, 0.4) is 0 Å². The molecular weight excluding hydrogens is 286 g/mol. The molecule has 0 radical (unpaired) electrons. The van der Waals surface area contributed by atoms with Crippen molar-refractivity contribution in [2.45, 2.75) is 61.1 Å². The van der Waals surface area contributed by atoms with Crippen LogP contribution in [0.5, 0.6) is 0 Å². The molecule has 0 fully saturated rings. The van der Waals surface area contributed by atoms with Gasteiger partial charge in [-0.05, 0) is 76.8 Å². The molecule has 1 amide bonds. The molecule has 0 aliphatic carbocycles. The van der Waals surface area contributed by atoms with Crippen LogP contribution in [0.25, 0.3) is 0 Å². The largest absolute Gasteiger partial charge is 0.348 e. The van der Waals surface area contributed by atoms with Crippen molar-refractivity contribution in [1.29, 1.82) is 0 Å². The number of benzene rings is 1. The smallest absolute Gasteiger partial charge is 0.252 e. The van der Waals surface area contributed by atoms with Crippen LogP contribution in [0, 0.1) is 41.5 Å². The SMILES string of the molecule is Cc1cc(C)n(C[C@H](C)NC(=O)c2c(C)c(C)cc(C)c2C)n1. The molecule has 2 aromatic rings. The maximum absolute atomic E-state index is 12.7. The third-order valence-electron chi connectivity index (χ3n) is 4.52. The average molecular weight is 313 g/mol. The summed E-state index contributed by atoms with van der Waals surface area (Å²) in [5.74, 6) is 0.000770. The summed E-state index contributed by atoms with van der Waals surface area (Å²) < 4.78 is 1.95. The number of nitrogens with zero attached hydrogens (tertiary/aromatic N) is 2. The number of aryl methyl sites for hydroxylation is 4. The zero-order valence-electron chi connectivity index (χ0n) is 15.2. The molecule has 1 atom stereocenters. The molecule has 0 saturated carbocycles. The second-order valence-corrected chi connectivity index (χ2v) is 6.62. The molecule has 4 nitrogen and oxygen atoms in total. The lowest BCUT2D eigenvalue weighted by molar-refractivity contribution is 0.0934. The molecule has 1 N–H and O–H groups in total. The predicted octanol–water partition coefficient (Wildman–Crippen LogP) is 3.55. The molecule has 0 aliphatic rings. The van der Waals surface area contributed by atoms with Crippen molar-refractivity contribution in [1.82, 2.24) is 15.1 Å². The highest BCUT2D eigenvalue weighted by Crippen LogP contribution is 2.21. The molecule has 0 saturated heterocycles. The zero-order chi connectivity index (χ0) is 17.3.